The molecule has 2 rings (SSSR count). The summed E-state index contributed by atoms with van der Waals surface area (Å²) in [7, 11) is -2.87. The van der Waals surface area contributed by atoms with E-state index >= 15 is 0 Å². The molecule has 2 fully saturated rings. The normalized spacial score (nSPS) is 34.4. The van der Waals surface area contributed by atoms with Crippen LogP contribution in [0.15, 0.2) is 0 Å². The van der Waals surface area contributed by atoms with Crippen LogP contribution in [-0.2, 0) is 14.6 Å². The minimum absolute atomic E-state index is 0.0156. The number of rotatable bonds is 2. The molecule has 0 aromatic carbocycles. The molecule has 2 heterocycles. The van der Waals surface area contributed by atoms with E-state index in [0.29, 0.717) is 6.42 Å². The van der Waals surface area contributed by atoms with E-state index in [2.05, 4.69) is 10.6 Å². The number of sulfone groups is 1. The topological polar surface area (TPSA) is 75.3 Å². The van der Waals surface area contributed by atoms with E-state index in [1.54, 1.807) is 0 Å². The van der Waals surface area contributed by atoms with E-state index in [0.717, 1.165) is 25.8 Å². The van der Waals surface area contributed by atoms with Gasteiger partial charge in [-0.25, -0.2) is 8.42 Å². The third-order valence-electron chi connectivity index (χ3n) is 3.20. The molecule has 2 atom stereocenters. The molecule has 6 heteroatoms. The largest absolute Gasteiger partial charge is 0.355 e. The van der Waals surface area contributed by atoms with Gasteiger partial charge >= 0.3 is 0 Å². The molecule has 0 aliphatic carbocycles. The van der Waals surface area contributed by atoms with Gasteiger partial charge < -0.3 is 10.6 Å². The van der Waals surface area contributed by atoms with Crippen molar-refractivity contribution in [1.29, 1.82) is 0 Å². The molecule has 16 heavy (non-hydrogen) atoms. The fraction of sp³-hybridized carbons (Fsp3) is 0.900. The van der Waals surface area contributed by atoms with Gasteiger partial charge in [-0.3, -0.25) is 4.79 Å². The first kappa shape index (κ1) is 11.9. The van der Waals surface area contributed by atoms with Crippen LogP contribution in [0, 0.1) is 0 Å². The molecule has 0 aromatic rings. The van der Waals surface area contributed by atoms with E-state index in [4.69, 9.17) is 0 Å². The molecule has 0 aromatic heterocycles. The maximum absolute atomic E-state index is 11.6. The van der Waals surface area contributed by atoms with Gasteiger partial charge in [0.05, 0.1) is 17.5 Å². The average Bonchev–Trinajstić information content (AvgIpc) is 2.41. The standard InChI is InChI=1S/C10H18N2O3S/c13-10-9(3-1-2-5-11-10)12-8-4-6-16(14,15)7-8/h8-9,12H,1-7H2,(H,11,13). The van der Waals surface area contributed by atoms with E-state index in [9.17, 15) is 13.2 Å². The zero-order chi connectivity index (χ0) is 11.6. The number of carbonyl (C=O) groups is 1. The second-order valence-corrected chi connectivity index (χ2v) is 6.83. The first-order valence-corrected chi connectivity index (χ1v) is 7.63. The van der Waals surface area contributed by atoms with Crippen molar-refractivity contribution in [1.82, 2.24) is 10.6 Å². The highest BCUT2D eigenvalue weighted by Crippen LogP contribution is 2.14. The smallest absolute Gasteiger partial charge is 0.237 e. The van der Waals surface area contributed by atoms with E-state index in [-0.39, 0.29) is 29.5 Å². The van der Waals surface area contributed by atoms with Gasteiger partial charge in [-0.15, -0.1) is 0 Å². The van der Waals surface area contributed by atoms with Crippen molar-refractivity contribution in [2.45, 2.75) is 37.8 Å². The van der Waals surface area contributed by atoms with Crippen molar-refractivity contribution >= 4 is 15.7 Å². The first-order valence-electron chi connectivity index (χ1n) is 5.81. The molecule has 2 aliphatic rings. The summed E-state index contributed by atoms with van der Waals surface area (Å²) in [5.41, 5.74) is 0. The third-order valence-corrected chi connectivity index (χ3v) is 4.97. The fourth-order valence-corrected chi connectivity index (χ4v) is 4.00. The SMILES string of the molecule is O=C1NCCCCC1NC1CCS(=O)(=O)C1. The predicted molar refractivity (Wildman–Crippen MR) is 60.8 cm³/mol. The maximum atomic E-state index is 11.6. The van der Waals surface area contributed by atoms with Crippen molar-refractivity contribution < 1.29 is 13.2 Å². The number of amides is 1. The number of nitrogens with one attached hydrogen (secondary N) is 2. The lowest BCUT2D eigenvalue weighted by Crippen LogP contribution is -2.47. The van der Waals surface area contributed by atoms with Gasteiger partial charge in [-0.1, -0.05) is 0 Å². The van der Waals surface area contributed by atoms with E-state index in [1.165, 1.54) is 0 Å². The lowest BCUT2D eigenvalue weighted by Gasteiger charge is -2.19. The first-order chi connectivity index (χ1) is 7.57. The quantitative estimate of drug-likeness (QED) is 0.684. The zero-order valence-electron chi connectivity index (χ0n) is 9.24. The Hall–Kier alpha value is -0.620. The molecule has 1 amide bonds. The molecule has 2 saturated heterocycles. The van der Waals surface area contributed by atoms with Crippen LogP contribution in [0.25, 0.3) is 0 Å². The monoisotopic (exact) mass is 246 g/mol. The van der Waals surface area contributed by atoms with Gasteiger partial charge in [0.2, 0.25) is 5.91 Å². The van der Waals surface area contributed by atoms with Crippen LogP contribution in [0.1, 0.15) is 25.7 Å². The fourth-order valence-electron chi connectivity index (χ4n) is 2.31. The average molecular weight is 246 g/mol. The van der Waals surface area contributed by atoms with Crippen molar-refractivity contribution in [3.63, 3.8) is 0 Å². The predicted octanol–water partition coefficient (Wildman–Crippen LogP) is -0.568. The molecule has 2 aliphatic heterocycles. The van der Waals surface area contributed by atoms with Gasteiger partial charge in [-0.2, -0.15) is 0 Å². The van der Waals surface area contributed by atoms with Crippen molar-refractivity contribution in [2.24, 2.45) is 0 Å². The summed E-state index contributed by atoms with van der Waals surface area (Å²) in [5, 5.41) is 6.01. The lowest BCUT2D eigenvalue weighted by molar-refractivity contribution is -0.123. The summed E-state index contributed by atoms with van der Waals surface area (Å²) < 4.78 is 22.6. The Morgan fingerprint density at radius 2 is 2.06 bits per heavy atom. The van der Waals surface area contributed by atoms with E-state index in [1.807, 2.05) is 0 Å². The van der Waals surface area contributed by atoms with Crippen LogP contribution < -0.4 is 10.6 Å². The van der Waals surface area contributed by atoms with Crippen molar-refractivity contribution in [3.8, 4) is 0 Å². The van der Waals surface area contributed by atoms with Crippen LogP contribution in [-0.4, -0.2) is 44.5 Å². The van der Waals surface area contributed by atoms with Gasteiger partial charge in [-0.05, 0) is 25.7 Å². The third kappa shape index (κ3) is 2.95. The zero-order valence-corrected chi connectivity index (χ0v) is 10.1. The minimum Gasteiger partial charge on any atom is -0.355 e. The molecule has 0 bridgehead atoms. The van der Waals surface area contributed by atoms with Crippen molar-refractivity contribution in [2.75, 3.05) is 18.1 Å². The van der Waals surface area contributed by atoms with Crippen LogP contribution in [0.4, 0.5) is 0 Å². The van der Waals surface area contributed by atoms with Crippen LogP contribution in [0.5, 0.6) is 0 Å². The summed E-state index contributed by atoms with van der Waals surface area (Å²) in [6.07, 6.45) is 3.46. The summed E-state index contributed by atoms with van der Waals surface area (Å²) in [5.74, 6) is 0.442. The highest BCUT2D eigenvalue weighted by Gasteiger charge is 2.31. The van der Waals surface area contributed by atoms with Gasteiger partial charge in [0.15, 0.2) is 9.84 Å². The molecule has 2 N–H and O–H groups in total. The summed E-state index contributed by atoms with van der Waals surface area (Å²) in [4.78, 5) is 11.6. The number of hydrogen-bond donors (Lipinski definition) is 2. The molecular formula is C10H18N2O3S. The Morgan fingerprint density at radius 1 is 1.25 bits per heavy atom. The molecule has 2 unspecified atom stereocenters. The summed E-state index contributed by atoms with van der Waals surface area (Å²) in [6, 6.07) is -0.250. The van der Waals surface area contributed by atoms with Crippen LogP contribution >= 0.6 is 0 Å². The number of carbonyl (C=O) groups excluding carboxylic acids is 1. The Bertz CT molecular complexity index is 366. The van der Waals surface area contributed by atoms with Crippen LogP contribution in [0.2, 0.25) is 0 Å². The maximum Gasteiger partial charge on any atom is 0.237 e. The second-order valence-electron chi connectivity index (χ2n) is 4.61. The Labute approximate surface area is 95.9 Å². The molecule has 0 saturated carbocycles. The Kier molecular flexibility index (Phi) is 3.49. The molecular weight excluding hydrogens is 228 g/mol. The molecule has 92 valence electrons. The van der Waals surface area contributed by atoms with Crippen molar-refractivity contribution in [3.05, 3.63) is 0 Å². The Balaban J connectivity index is 1.91. The van der Waals surface area contributed by atoms with Gasteiger partial charge in [0.25, 0.3) is 0 Å². The van der Waals surface area contributed by atoms with Gasteiger partial charge in [0.1, 0.15) is 0 Å². The highest BCUT2D eigenvalue weighted by atomic mass is 32.2. The highest BCUT2D eigenvalue weighted by molar-refractivity contribution is 7.91. The second kappa shape index (κ2) is 4.71. The molecule has 0 spiro atoms. The molecule has 5 nitrogen and oxygen atoms in total. The van der Waals surface area contributed by atoms with Gasteiger partial charge in [0, 0.05) is 12.6 Å². The summed E-state index contributed by atoms with van der Waals surface area (Å²) in [6.45, 7) is 0.736. The van der Waals surface area contributed by atoms with E-state index < -0.39 is 9.84 Å². The summed E-state index contributed by atoms with van der Waals surface area (Å²) >= 11 is 0. The lowest BCUT2D eigenvalue weighted by atomic mass is 10.1. The minimum atomic E-state index is -2.87. The number of hydrogen-bond acceptors (Lipinski definition) is 4. The Morgan fingerprint density at radius 3 is 2.75 bits per heavy atom. The van der Waals surface area contributed by atoms with Crippen LogP contribution in [0.3, 0.4) is 0 Å². The molecule has 0 radical (unpaired) electrons.